The zero-order valence-electron chi connectivity index (χ0n) is 14.5. The summed E-state index contributed by atoms with van der Waals surface area (Å²) in [6, 6.07) is 8.36. The molecule has 0 aromatic heterocycles. The number of halogens is 1. The lowest BCUT2D eigenvalue weighted by molar-refractivity contribution is -0.122. The van der Waals surface area contributed by atoms with E-state index >= 15 is 0 Å². The molecule has 1 aromatic rings. The Labute approximate surface area is 138 Å². The van der Waals surface area contributed by atoms with Crippen LogP contribution in [-0.2, 0) is 4.79 Å². The fraction of sp³-hybridized carbons (Fsp3) is 0.556. The monoisotopic (exact) mass is 319 g/mol. The van der Waals surface area contributed by atoms with Crippen molar-refractivity contribution in [3.8, 4) is 6.07 Å². The van der Waals surface area contributed by atoms with Gasteiger partial charge in [-0.2, -0.15) is 5.26 Å². The third-order valence-electron chi connectivity index (χ3n) is 4.16. The molecule has 23 heavy (non-hydrogen) atoms. The van der Waals surface area contributed by atoms with Gasteiger partial charge in [0.15, 0.2) is 0 Å². The molecule has 1 amide bonds. The van der Waals surface area contributed by atoms with E-state index in [9.17, 15) is 14.4 Å². The number of nitriles is 1. The third-order valence-corrected chi connectivity index (χ3v) is 4.16. The topological polar surface area (TPSA) is 64.9 Å². The summed E-state index contributed by atoms with van der Waals surface area (Å²) in [7, 11) is 0. The Morgan fingerprint density at radius 3 is 2.26 bits per heavy atom. The number of benzene rings is 1. The summed E-state index contributed by atoms with van der Waals surface area (Å²) < 4.78 is 13.1. The van der Waals surface area contributed by atoms with Crippen molar-refractivity contribution >= 4 is 5.91 Å². The molecule has 0 aliphatic carbocycles. The first-order valence-electron chi connectivity index (χ1n) is 7.90. The molecule has 4 nitrogen and oxygen atoms in total. The van der Waals surface area contributed by atoms with Crippen molar-refractivity contribution < 1.29 is 9.18 Å². The van der Waals surface area contributed by atoms with E-state index in [0.29, 0.717) is 0 Å². The minimum atomic E-state index is -0.887. The van der Waals surface area contributed by atoms with E-state index in [4.69, 9.17) is 0 Å². The predicted octanol–water partition coefficient (Wildman–Crippen LogP) is 3.17. The van der Waals surface area contributed by atoms with Crippen LogP contribution in [0.3, 0.4) is 0 Å². The largest absolute Gasteiger partial charge is 0.337 e. The molecule has 1 rings (SSSR count). The highest BCUT2D eigenvalue weighted by molar-refractivity contribution is 5.79. The molecule has 0 radical (unpaired) electrons. The fourth-order valence-corrected chi connectivity index (χ4v) is 2.25. The van der Waals surface area contributed by atoms with E-state index in [1.807, 2.05) is 27.7 Å². The van der Waals surface area contributed by atoms with Crippen molar-refractivity contribution in [2.24, 2.45) is 11.8 Å². The summed E-state index contributed by atoms with van der Waals surface area (Å²) >= 11 is 0. The second kappa shape index (κ2) is 8.07. The maximum atomic E-state index is 13.1. The molecule has 5 heteroatoms. The molecular formula is C18H26FN3O. The summed E-state index contributed by atoms with van der Waals surface area (Å²) in [6.07, 6.45) is 0. The SMILES string of the molecule is CC(C)[C@H](NCC(=O)N[C@@](C)(C#N)C(C)C)c1ccc(F)cc1. The standard InChI is InChI=1S/C18H26FN3O/c1-12(2)17(14-6-8-15(19)9-7-14)21-10-16(23)22-18(5,11-20)13(3)4/h6-9,12-13,17,21H,10H2,1-5H3,(H,22,23)/t17-,18-/m0/s1. The highest BCUT2D eigenvalue weighted by Crippen LogP contribution is 2.21. The molecule has 0 fully saturated rings. The van der Waals surface area contributed by atoms with Crippen LogP contribution in [0.5, 0.6) is 0 Å². The fourth-order valence-electron chi connectivity index (χ4n) is 2.25. The zero-order chi connectivity index (χ0) is 17.6. The van der Waals surface area contributed by atoms with Crippen molar-refractivity contribution in [1.29, 1.82) is 5.26 Å². The van der Waals surface area contributed by atoms with Gasteiger partial charge in [-0.05, 0) is 36.5 Å². The first-order valence-corrected chi connectivity index (χ1v) is 7.90. The van der Waals surface area contributed by atoms with Gasteiger partial charge in [0.05, 0.1) is 12.6 Å². The van der Waals surface area contributed by atoms with Gasteiger partial charge in [0.2, 0.25) is 5.91 Å². The van der Waals surface area contributed by atoms with Crippen LogP contribution in [0.4, 0.5) is 4.39 Å². The first-order chi connectivity index (χ1) is 10.7. The Kier molecular flexibility index (Phi) is 6.71. The van der Waals surface area contributed by atoms with Crippen molar-refractivity contribution in [3.63, 3.8) is 0 Å². The Morgan fingerprint density at radius 1 is 1.26 bits per heavy atom. The number of nitrogens with zero attached hydrogens (tertiary/aromatic N) is 1. The second-order valence-electron chi connectivity index (χ2n) is 6.67. The highest BCUT2D eigenvalue weighted by atomic mass is 19.1. The number of carbonyl (C=O) groups is 1. The Morgan fingerprint density at radius 2 is 1.83 bits per heavy atom. The van der Waals surface area contributed by atoms with Gasteiger partial charge in [-0.1, -0.05) is 39.8 Å². The van der Waals surface area contributed by atoms with Gasteiger partial charge in [-0.25, -0.2) is 4.39 Å². The van der Waals surface area contributed by atoms with Gasteiger partial charge < -0.3 is 10.6 Å². The van der Waals surface area contributed by atoms with Crippen LogP contribution in [0, 0.1) is 29.0 Å². The summed E-state index contributed by atoms with van der Waals surface area (Å²) in [5.41, 5.74) is 0.0446. The van der Waals surface area contributed by atoms with Crippen LogP contribution >= 0.6 is 0 Å². The molecule has 0 saturated carbocycles. The molecule has 1 aromatic carbocycles. The van der Waals surface area contributed by atoms with Crippen molar-refractivity contribution in [2.45, 2.75) is 46.2 Å². The number of rotatable bonds is 7. The van der Waals surface area contributed by atoms with E-state index in [1.54, 1.807) is 19.1 Å². The van der Waals surface area contributed by atoms with Crippen molar-refractivity contribution in [2.75, 3.05) is 6.54 Å². The van der Waals surface area contributed by atoms with E-state index in [2.05, 4.69) is 16.7 Å². The summed E-state index contributed by atoms with van der Waals surface area (Å²) in [4.78, 5) is 12.1. The first kappa shape index (κ1) is 19.1. The van der Waals surface area contributed by atoms with Crippen LogP contribution in [0.25, 0.3) is 0 Å². The third kappa shape index (κ3) is 5.33. The molecule has 0 heterocycles. The van der Waals surface area contributed by atoms with Gasteiger partial charge in [0.1, 0.15) is 11.4 Å². The second-order valence-corrected chi connectivity index (χ2v) is 6.67. The number of hydrogen-bond donors (Lipinski definition) is 2. The van der Waals surface area contributed by atoms with Gasteiger partial charge in [-0.3, -0.25) is 4.79 Å². The molecule has 0 saturated heterocycles. The number of carbonyl (C=O) groups excluding carboxylic acids is 1. The van der Waals surface area contributed by atoms with Crippen molar-refractivity contribution in [3.05, 3.63) is 35.6 Å². The minimum Gasteiger partial charge on any atom is -0.337 e. The van der Waals surface area contributed by atoms with Crippen LogP contribution < -0.4 is 10.6 Å². The van der Waals surface area contributed by atoms with Crippen molar-refractivity contribution in [1.82, 2.24) is 10.6 Å². The molecule has 2 N–H and O–H groups in total. The predicted molar refractivity (Wildman–Crippen MR) is 89.0 cm³/mol. The van der Waals surface area contributed by atoms with Crippen LogP contribution in [0.2, 0.25) is 0 Å². The number of nitrogens with one attached hydrogen (secondary N) is 2. The van der Waals surface area contributed by atoms with Gasteiger partial charge >= 0.3 is 0 Å². The molecule has 0 aliphatic heterocycles. The van der Waals surface area contributed by atoms with Gasteiger partial charge in [-0.15, -0.1) is 0 Å². The number of amides is 1. The summed E-state index contributed by atoms with van der Waals surface area (Å²) in [5.74, 6) is -0.263. The van der Waals surface area contributed by atoms with Crippen LogP contribution in [-0.4, -0.2) is 18.0 Å². The van der Waals surface area contributed by atoms with E-state index < -0.39 is 5.54 Å². The summed E-state index contributed by atoms with van der Waals surface area (Å²) in [5, 5.41) is 15.2. The average molecular weight is 319 g/mol. The Hall–Kier alpha value is -1.93. The lowest BCUT2D eigenvalue weighted by Crippen LogP contribution is -2.51. The maximum Gasteiger partial charge on any atom is 0.235 e. The average Bonchev–Trinajstić information content (AvgIpc) is 2.48. The maximum absolute atomic E-state index is 13.1. The normalized spacial score (nSPS) is 15.1. The molecule has 0 spiro atoms. The van der Waals surface area contributed by atoms with Gasteiger partial charge in [0, 0.05) is 6.04 Å². The number of hydrogen-bond acceptors (Lipinski definition) is 3. The Balaban J connectivity index is 2.71. The molecule has 126 valence electrons. The minimum absolute atomic E-state index is 0.00874. The Bertz CT molecular complexity index is 563. The van der Waals surface area contributed by atoms with Gasteiger partial charge in [0.25, 0.3) is 0 Å². The quantitative estimate of drug-likeness (QED) is 0.811. The molecule has 0 bridgehead atoms. The molecular weight excluding hydrogens is 293 g/mol. The van der Waals surface area contributed by atoms with E-state index in [-0.39, 0.29) is 36.1 Å². The highest BCUT2D eigenvalue weighted by Gasteiger charge is 2.30. The lowest BCUT2D eigenvalue weighted by Gasteiger charge is -2.28. The van der Waals surface area contributed by atoms with Crippen LogP contribution in [0.15, 0.2) is 24.3 Å². The van der Waals surface area contributed by atoms with E-state index in [0.717, 1.165) is 5.56 Å². The molecule has 2 atom stereocenters. The van der Waals surface area contributed by atoms with E-state index in [1.165, 1.54) is 12.1 Å². The smallest absolute Gasteiger partial charge is 0.235 e. The molecule has 0 aliphatic rings. The molecule has 0 unspecified atom stereocenters. The zero-order valence-corrected chi connectivity index (χ0v) is 14.5. The van der Waals surface area contributed by atoms with Crippen LogP contribution in [0.1, 0.15) is 46.2 Å². The summed E-state index contributed by atoms with van der Waals surface area (Å²) in [6.45, 7) is 9.68. The lowest BCUT2D eigenvalue weighted by atomic mass is 9.90.